The summed E-state index contributed by atoms with van der Waals surface area (Å²) in [6.07, 6.45) is -3.96. The summed E-state index contributed by atoms with van der Waals surface area (Å²) in [7, 11) is 0. The second-order valence-corrected chi connectivity index (χ2v) is 11.4. The van der Waals surface area contributed by atoms with Crippen LogP contribution in [0.2, 0.25) is 0 Å². The number of ether oxygens (including phenoxy) is 9. The first-order valence-electron chi connectivity index (χ1n) is 18.2. The van der Waals surface area contributed by atoms with Crippen LogP contribution in [0.1, 0.15) is 33.6 Å². The maximum Gasteiger partial charge on any atom is 0.407 e. The summed E-state index contributed by atoms with van der Waals surface area (Å²) in [4.78, 5) is 82.2. The Morgan fingerprint density at radius 3 is 1.21 bits per heavy atom. The molecule has 0 bridgehead atoms. The molecule has 0 atom stereocenters. The van der Waals surface area contributed by atoms with Crippen LogP contribution < -0.4 is 21.3 Å². The van der Waals surface area contributed by atoms with Crippen molar-refractivity contribution in [3.05, 3.63) is 71.8 Å². The van der Waals surface area contributed by atoms with Gasteiger partial charge in [-0.3, -0.25) is 4.79 Å². The average Bonchev–Trinajstić information content (AvgIpc) is 3.22. The highest BCUT2D eigenvalue weighted by Gasteiger charge is 2.16. The summed E-state index contributed by atoms with van der Waals surface area (Å²) < 4.78 is 46.3. The van der Waals surface area contributed by atoms with Crippen molar-refractivity contribution in [2.24, 2.45) is 0 Å². The SMILES string of the molecule is O=C(O)CCCOC(COC(=O)NCCOCCNC(=O)OCCOC(=O)c1ccccc1)COC(=O)NCCOCCNC(=O)OCCOC(=O)c1ccccc1. The van der Waals surface area contributed by atoms with E-state index in [0.29, 0.717) is 11.1 Å². The molecule has 2 aromatic carbocycles. The molecule has 0 aromatic heterocycles. The molecule has 2 rings (SSSR count). The molecule has 0 aliphatic rings. The summed E-state index contributed by atoms with van der Waals surface area (Å²) in [5.74, 6) is -2.08. The third-order valence-electron chi connectivity index (χ3n) is 6.87. The van der Waals surface area contributed by atoms with E-state index in [-0.39, 0.29) is 112 Å². The number of benzene rings is 2. The lowest BCUT2D eigenvalue weighted by molar-refractivity contribution is -0.137. The van der Waals surface area contributed by atoms with E-state index in [0.717, 1.165) is 0 Å². The van der Waals surface area contributed by atoms with Crippen molar-refractivity contribution in [2.75, 3.05) is 98.9 Å². The Hall–Kier alpha value is -6.19. The van der Waals surface area contributed by atoms with Gasteiger partial charge in [-0.2, -0.15) is 0 Å². The maximum absolute atomic E-state index is 12.1. The Morgan fingerprint density at radius 1 is 0.466 bits per heavy atom. The van der Waals surface area contributed by atoms with Gasteiger partial charge in [0.15, 0.2) is 0 Å². The highest BCUT2D eigenvalue weighted by molar-refractivity contribution is 5.89. The molecule has 0 spiro atoms. The first kappa shape index (κ1) is 48.0. The third-order valence-corrected chi connectivity index (χ3v) is 6.87. The van der Waals surface area contributed by atoms with Crippen molar-refractivity contribution >= 4 is 42.3 Å². The second kappa shape index (κ2) is 31.0. The van der Waals surface area contributed by atoms with Crippen molar-refractivity contribution < 1.29 is 81.3 Å². The number of rotatable bonds is 29. The summed E-state index contributed by atoms with van der Waals surface area (Å²) in [5.41, 5.74) is 0.767. The Morgan fingerprint density at radius 2 is 0.828 bits per heavy atom. The monoisotopic (exact) mass is 822 g/mol. The molecule has 320 valence electrons. The summed E-state index contributed by atoms with van der Waals surface area (Å²) >= 11 is 0. The Balaban J connectivity index is 1.48. The molecule has 0 fully saturated rings. The smallest absolute Gasteiger partial charge is 0.407 e. The van der Waals surface area contributed by atoms with Crippen LogP contribution in [-0.4, -0.2) is 152 Å². The van der Waals surface area contributed by atoms with Crippen LogP contribution in [0.5, 0.6) is 0 Å². The Kier molecular flexibility index (Phi) is 25.6. The molecule has 0 aliphatic heterocycles. The number of alkyl carbamates (subject to hydrolysis) is 4. The molecule has 5 N–H and O–H groups in total. The van der Waals surface area contributed by atoms with E-state index >= 15 is 0 Å². The normalized spacial score (nSPS) is 10.4. The number of hydrogen-bond donors (Lipinski definition) is 5. The van der Waals surface area contributed by atoms with E-state index in [1.165, 1.54) is 0 Å². The van der Waals surface area contributed by atoms with E-state index in [1.54, 1.807) is 60.7 Å². The van der Waals surface area contributed by atoms with Gasteiger partial charge in [-0.1, -0.05) is 36.4 Å². The third kappa shape index (κ3) is 25.1. The summed E-state index contributed by atoms with van der Waals surface area (Å²) in [5, 5.41) is 18.7. The lowest BCUT2D eigenvalue weighted by Gasteiger charge is -2.18. The van der Waals surface area contributed by atoms with Crippen molar-refractivity contribution in [1.29, 1.82) is 0 Å². The average molecular weight is 823 g/mol. The van der Waals surface area contributed by atoms with E-state index in [2.05, 4.69) is 21.3 Å². The number of carbonyl (C=O) groups excluding carboxylic acids is 6. The van der Waals surface area contributed by atoms with Crippen LogP contribution in [0, 0.1) is 0 Å². The highest BCUT2D eigenvalue weighted by Crippen LogP contribution is 2.03. The van der Waals surface area contributed by atoms with Crippen LogP contribution in [0.15, 0.2) is 60.7 Å². The minimum absolute atomic E-state index is 0.00117. The van der Waals surface area contributed by atoms with Crippen molar-refractivity contribution in [3.8, 4) is 0 Å². The van der Waals surface area contributed by atoms with Gasteiger partial charge in [0.2, 0.25) is 0 Å². The number of carbonyl (C=O) groups is 7. The molecular formula is C37H50N4O17. The van der Waals surface area contributed by atoms with Gasteiger partial charge in [0.1, 0.15) is 45.7 Å². The molecule has 0 aliphatic carbocycles. The Labute approximate surface area is 334 Å². The zero-order valence-corrected chi connectivity index (χ0v) is 31.9. The first-order valence-corrected chi connectivity index (χ1v) is 18.2. The predicted octanol–water partition coefficient (Wildman–Crippen LogP) is 1.89. The zero-order valence-electron chi connectivity index (χ0n) is 31.9. The van der Waals surface area contributed by atoms with Gasteiger partial charge in [-0.05, 0) is 30.7 Å². The van der Waals surface area contributed by atoms with E-state index < -0.39 is 48.4 Å². The van der Waals surface area contributed by atoms with E-state index in [1.807, 2.05) is 0 Å². The van der Waals surface area contributed by atoms with E-state index in [9.17, 15) is 33.6 Å². The second-order valence-electron chi connectivity index (χ2n) is 11.4. The molecule has 21 nitrogen and oxygen atoms in total. The van der Waals surface area contributed by atoms with Crippen LogP contribution in [-0.2, 0) is 47.4 Å². The van der Waals surface area contributed by atoms with E-state index in [4.69, 9.17) is 47.7 Å². The molecule has 21 heteroatoms. The Bertz CT molecular complexity index is 1420. The lowest BCUT2D eigenvalue weighted by atomic mass is 10.2. The zero-order chi connectivity index (χ0) is 42.1. The van der Waals surface area contributed by atoms with Crippen molar-refractivity contribution in [3.63, 3.8) is 0 Å². The van der Waals surface area contributed by atoms with Gasteiger partial charge in [0, 0.05) is 39.2 Å². The molecule has 58 heavy (non-hydrogen) atoms. The van der Waals surface area contributed by atoms with Gasteiger partial charge < -0.3 is 69.0 Å². The first-order chi connectivity index (χ1) is 28.1. The van der Waals surface area contributed by atoms with Crippen molar-refractivity contribution in [2.45, 2.75) is 18.9 Å². The van der Waals surface area contributed by atoms with Gasteiger partial charge in [0.05, 0.1) is 37.6 Å². The topological polar surface area (TPSA) is 271 Å². The van der Waals surface area contributed by atoms with Crippen LogP contribution in [0.25, 0.3) is 0 Å². The number of carboxylic acids is 1. The van der Waals surface area contributed by atoms with Gasteiger partial charge >= 0.3 is 42.3 Å². The molecule has 0 unspecified atom stereocenters. The van der Waals surface area contributed by atoms with Gasteiger partial charge in [-0.15, -0.1) is 0 Å². The molecule has 0 heterocycles. The molecule has 0 saturated carbocycles. The molecule has 4 amide bonds. The lowest BCUT2D eigenvalue weighted by Crippen LogP contribution is -2.36. The largest absolute Gasteiger partial charge is 0.481 e. The van der Waals surface area contributed by atoms with Crippen LogP contribution >= 0.6 is 0 Å². The van der Waals surface area contributed by atoms with Crippen LogP contribution in [0.3, 0.4) is 0 Å². The predicted molar refractivity (Wildman–Crippen MR) is 199 cm³/mol. The standard InChI is InChI=1S/C37H50N4O17/c42-31(43)12-7-17-52-30(26-57-36(48)40-15-20-50-18-13-38-34(46)55-24-22-53-32(44)28-8-3-1-4-9-28)27-58-37(49)41-16-21-51-19-14-39-35(47)56-25-23-54-33(45)29-10-5-2-6-11-29/h1-6,8-11,30H,7,12-27H2,(H,38,46)(H,39,47)(H,40,48)(H,41,49)(H,42,43). The number of esters is 2. The molecule has 0 saturated heterocycles. The number of nitrogens with one attached hydrogen (secondary N) is 4. The van der Waals surface area contributed by atoms with Crippen LogP contribution in [0.4, 0.5) is 19.2 Å². The van der Waals surface area contributed by atoms with Gasteiger partial charge in [-0.25, -0.2) is 28.8 Å². The quantitative estimate of drug-likeness (QED) is 0.0445. The number of carboxylic acid groups (broad SMARTS) is 1. The molecule has 2 aromatic rings. The molecule has 0 radical (unpaired) electrons. The van der Waals surface area contributed by atoms with Gasteiger partial charge in [0.25, 0.3) is 0 Å². The number of aliphatic carboxylic acids is 1. The van der Waals surface area contributed by atoms with Crippen molar-refractivity contribution in [1.82, 2.24) is 21.3 Å². The summed E-state index contributed by atoms with van der Waals surface area (Å²) in [6.45, 7) is -0.374. The molecular weight excluding hydrogens is 772 g/mol. The summed E-state index contributed by atoms with van der Waals surface area (Å²) in [6, 6.07) is 16.7. The fourth-order valence-corrected chi connectivity index (χ4v) is 4.12. The highest BCUT2D eigenvalue weighted by atomic mass is 16.6. The fourth-order valence-electron chi connectivity index (χ4n) is 4.12. The maximum atomic E-state index is 12.1. The minimum atomic E-state index is -1.01. The minimum Gasteiger partial charge on any atom is -0.481 e. The number of hydrogen-bond acceptors (Lipinski definition) is 16. The fraction of sp³-hybridized carbons (Fsp3) is 0.486. The number of amides is 4.